The van der Waals surface area contributed by atoms with E-state index in [0.717, 1.165) is 18.1 Å². The Morgan fingerprint density at radius 1 is 1.32 bits per heavy atom. The molecule has 0 bridgehead atoms. The van der Waals surface area contributed by atoms with Gasteiger partial charge in [-0.2, -0.15) is 0 Å². The first-order chi connectivity index (χ1) is 12.1. The number of benzene rings is 1. The molecule has 1 heterocycles. The van der Waals surface area contributed by atoms with E-state index in [-0.39, 0.29) is 12.6 Å². The van der Waals surface area contributed by atoms with Crippen molar-refractivity contribution in [3.63, 3.8) is 0 Å². The van der Waals surface area contributed by atoms with Gasteiger partial charge < -0.3 is 18.9 Å². The van der Waals surface area contributed by atoms with Crippen LogP contribution in [0.2, 0.25) is 0 Å². The van der Waals surface area contributed by atoms with Crippen LogP contribution in [0.25, 0.3) is 0 Å². The maximum Gasteiger partial charge on any atom is 0.338 e. The molecule has 0 spiro atoms. The lowest BCUT2D eigenvalue weighted by Crippen LogP contribution is -2.35. The SMILES string of the molecule is C=CC(=O)OCCN1COc2c(cc(C(=O)OCCC)cc2OC)C1. The molecule has 1 aromatic carbocycles. The Kier molecular flexibility index (Phi) is 6.82. The zero-order chi connectivity index (χ0) is 18.2. The van der Waals surface area contributed by atoms with Crippen LogP contribution < -0.4 is 9.47 Å². The highest BCUT2D eigenvalue weighted by atomic mass is 16.5. The Morgan fingerprint density at radius 3 is 2.80 bits per heavy atom. The van der Waals surface area contributed by atoms with Gasteiger partial charge in [0.2, 0.25) is 0 Å². The first-order valence-corrected chi connectivity index (χ1v) is 8.11. The number of rotatable bonds is 8. The number of ether oxygens (including phenoxy) is 4. The van der Waals surface area contributed by atoms with Crippen molar-refractivity contribution in [3.8, 4) is 11.5 Å². The third kappa shape index (κ3) is 4.96. The maximum absolute atomic E-state index is 12.1. The highest BCUT2D eigenvalue weighted by molar-refractivity contribution is 5.90. The Bertz CT molecular complexity index is 643. The summed E-state index contributed by atoms with van der Waals surface area (Å²) in [4.78, 5) is 25.2. The molecule has 7 heteroatoms. The lowest BCUT2D eigenvalue weighted by atomic mass is 10.1. The van der Waals surface area contributed by atoms with Crippen molar-refractivity contribution < 1.29 is 28.5 Å². The summed E-state index contributed by atoms with van der Waals surface area (Å²) >= 11 is 0. The number of fused-ring (bicyclic) bond motifs is 1. The van der Waals surface area contributed by atoms with Gasteiger partial charge in [-0.3, -0.25) is 4.90 Å². The van der Waals surface area contributed by atoms with Crippen LogP contribution in [0, 0.1) is 0 Å². The number of nitrogens with zero attached hydrogens (tertiary/aromatic N) is 1. The standard InChI is InChI=1S/C18H23NO6/c1-4-7-24-18(21)13-9-14-11-19(6-8-23-16(20)5-2)12-25-17(14)15(10-13)22-3/h5,9-10H,2,4,6-8,11-12H2,1,3H3. The quantitative estimate of drug-likeness (QED) is 0.526. The Hall–Kier alpha value is -2.54. The van der Waals surface area contributed by atoms with Gasteiger partial charge in [0.1, 0.15) is 13.3 Å². The monoisotopic (exact) mass is 349 g/mol. The molecule has 0 N–H and O–H groups in total. The van der Waals surface area contributed by atoms with Crippen LogP contribution in [0.4, 0.5) is 0 Å². The molecule has 0 saturated heterocycles. The van der Waals surface area contributed by atoms with E-state index < -0.39 is 5.97 Å². The molecular formula is C18H23NO6. The van der Waals surface area contributed by atoms with Crippen molar-refractivity contribution in [2.24, 2.45) is 0 Å². The van der Waals surface area contributed by atoms with Crippen molar-refractivity contribution in [2.45, 2.75) is 19.9 Å². The van der Waals surface area contributed by atoms with E-state index in [2.05, 4.69) is 6.58 Å². The van der Waals surface area contributed by atoms with E-state index in [9.17, 15) is 9.59 Å². The minimum atomic E-state index is -0.457. The van der Waals surface area contributed by atoms with Crippen LogP contribution in [0.5, 0.6) is 11.5 Å². The fraction of sp³-hybridized carbons (Fsp3) is 0.444. The summed E-state index contributed by atoms with van der Waals surface area (Å²) in [5, 5.41) is 0. The number of methoxy groups -OCH3 is 1. The number of carbonyl (C=O) groups excluding carboxylic acids is 2. The highest BCUT2D eigenvalue weighted by Crippen LogP contribution is 2.36. The molecule has 0 fully saturated rings. The highest BCUT2D eigenvalue weighted by Gasteiger charge is 2.24. The number of esters is 2. The molecule has 0 amide bonds. The second-order valence-corrected chi connectivity index (χ2v) is 5.50. The fourth-order valence-electron chi connectivity index (χ4n) is 2.41. The third-order valence-electron chi connectivity index (χ3n) is 3.63. The second kappa shape index (κ2) is 9.08. The molecule has 1 aliphatic heterocycles. The van der Waals surface area contributed by atoms with Crippen LogP contribution in [0.3, 0.4) is 0 Å². The predicted molar refractivity (Wildman–Crippen MR) is 90.6 cm³/mol. The third-order valence-corrected chi connectivity index (χ3v) is 3.63. The predicted octanol–water partition coefficient (Wildman–Crippen LogP) is 2.14. The smallest absolute Gasteiger partial charge is 0.338 e. The zero-order valence-corrected chi connectivity index (χ0v) is 14.6. The summed E-state index contributed by atoms with van der Waals surface area (Å²) in [6.07, 6.45) is 1.88. The normalized spacial score (nSPS) is 13.4. The lowest BCUT2D eigenvalue weighted by molar-refractivity contribution is -0.138. The molecule has 1 aliphatic rings. The molecule has 136 valence electrons. The van der Waals surface area contributed by atoms with Gasteiger partial charge in [0.15, 0.2) is 11.5 Å². The van der Waals surface area contributed by atoms with Gasteiger partial charge in [-0.15, -0.1) is 0 Å². The molecule has 0 aliphatic carbocycles. The average molecular weight is 349 g/mol. The number of carbonyl (C=O) groups is 2. The van der Waals surface area contributed by atoms with Gasteiger partial charge in [0.25, 0.3) is 0 Å². The van der Waals surface area contributed by atoms with Crippen LogP contribution in [0.1, 0.15) is 29.3 Å². The van der Waals surface area contributed by atoms with Gasteiger partial charge in [-0.25, -0.2) is 9.59 Å². The van der Waals surface area contributed by atoms with Gasteiger partial charge >= 0.3 is 11.9 Å². The van der Waals surface area contributed by atoms with E-state index in [0.29, 0.717) is 43.5 Å². The van der Waals surface area contributed by atoms with Crippen LogP contribution in [-0.4, -0.2) is 50.4 Å². The van der Waals surface area contributed by atoms with Crippen molar-refractivity contribution in [2.75, 3.05) is 33.6 Å². The lowest BCUT2D eigenvalue weighted by Gasteiger charge is -2.29. The average Bonchev–Trinajstić information content (AvgIpc) is 2.64. The molecule has 7 nitrogen and oxygen atoms in total. The van der Waals surface area contributed by atoms with E-state index in [1.54, 1.807) is 12.1 Å². The van der Waals surface area contributed by atoms with Crippen LogP contribution >= 0.6 is 0 Å². The first-order valence-electron chi connectivity index (χ1n) is 8.11. The van der Waals surface area contributed by atoms with Crippen molar-refractivity contribution in [1.82, 2.24) is 4.90 Å². The summed E-state index contributed by atoms with van der Waals surface area (Å²) in [6, 6.07) is 3.37. The Morgan fingerprint density at radius 2 is 2.12 bits per heavy atom. The molecule has 0 radical (unpaired) electrons. The van der Waals surface area contributed by atoms with Gasteiger partial charge in [-0.05, 0) is 18.6 Å². The maximum atomic E-state index is 12.1. The summed E-state index contributed by atoms with van der Waals surface area (Å²) in [5.41, 5.74) is 1.25. The topological polar surface area (TPSA) is 74.3 Å². The molecule has 0 aromatic heterocycles. The van der Waals surface area contributed by atoms with E-state index in [4.69, 9.17) is 18.9 Å². The Labute approximate surface area is 147 Å². The number of hydrogen-bond donors (Lipinski definition) is 0. The second-order valence-electron chi connectivity index (χ2n) is 5.50. The molecule has 0 atom stereocenters. The fourth-order valence-corrected chi connectivity index (χ4v) is 2.41. The minimum absolute atomic E-state index is 0.235. The molecule has 2 rings (SSSR count). The van der Waals surface area contributed by atoms with Gasteiger partial charge in [-0.1, -0.05) is 13.5 Å². The van der Waals surface area contributed by atoms with Crippen LogP contribution in [0.15, 0.2) is 24.8 Å². The number of hydrogen-bond acceptors (Lipinski definition) is 7. The zero-order valence-electron chi connectivity index (χ0n) is 14.6. The molecule has 0 saturated carbocycles. The van der Waals surface area contributed by atoms with Gasteiger partial charge in [0, 0.05) is 24.7 Å². The summed E-state index contributed by atoms with van der Waals surface area (Å²) in [7, 11) is 1.53. The molecular weight excluding hydrogens is 326 g/mol. The summed E-state index contributed by atoms with van der Waals surface area (Å²) in [6.45, 7) is 7.29. The van der Waals surface area contributed by atoms with Crippen molar-refractivity contribution in [3.05, 3.63) is 35.9 Å². The van der Waals surface area contributed by atoms with Crippen molar-refractivity contribution >= 4 is 11.9 Å². The van der Waals surface area contributed by atoms with Crippen LogP contribution in [-0.2, 0) is 20.8 Å². The summed E-state index contributed by atoms with van der Waals surface area (Å²) < 4.78 is 21.2. The van der Waals surface area contributed by atoms with E-state index >= 15 is 0 Å². The van der Waals surface area contributed by atoms with Crippen molar-refractivity contribution in [1.29, 1.82) is 0 Å². The Balaban J connectivity index is 2.09. The van der Waals surface area contributed by atoms with Gasteiger partial charge in [0.05, 0.1) is 19.3 Å². The minimum Gasteiger partial charge on any atom is -0.493 e. The first kappa shape index (κ1) is 18.8. The largest absolute Gasteiger partial charge is 0.493 e. The molecule has 0 unspecified atom stereocenters. The molecule has 1 aromatic rings. The van der Waals surface area contributed by atoms with E-state index in [1.807, 2.05) is 11.8 Å². The summed E-state index contributed by atoms with van der Waals surface area (Å²) in [5.74, 6) is 0.272. The van der Waals surface area contributed by atoms with E-state index in [1.165, 1.54) is 7.11 Å². The molecule has 25 heavy (non-hydrogen) atoms.